The first kappa shape index (κ1) is 28.6. The fourth-order valence-corrected chi connectivity index (χ4v) is 7.54. The number of hydrogen-bond acceptors (Lipinski definition) is 6. The van der Waals surface area contributed by atoms with Crippen LogP contribution in [-0.2, 0) is 32.5 Å². The number of amides is 2. The molecule has 0 saturated carbocycles. The SMILES string of the molecule is CC(C)(C)OC(=O)N1CCc2sc(/C=C/C(=O)N3CCN(S(=O)(=O)c4ccc5cc(Cl)ccc5c4)CC3)cc2C1. The topological polar surface area (TPSA) is 87.2 Å². The van der Waals surface area contributed by atoms with E-state index < -0.39 is 15.6 Å². The predicted octanol–water partition coefficient (Wildman–Crippen LogP) is 5.39. The lowest BCUT2D eigenvalue weighted by molar-refractivity contribution is -0.127. The highest BCUT2D eigenvalue weighted by Crippen LogP contribution is 2.30. The molecule has 8 nitrogen and oxygen atoms in total. The molecule has 40 heavy (non-hydrogen) atoms. The van der Waals surface area contributed by atoms with Crippen molar-refractivity contribution in [1.29, 1.82) is 0 Å². The van der Waals surface area contributed by atoms with Crippen molar-refractivity contribution < 1.29 is 22.7 Å². The van der Waals surface area contributed by atoms with Crippen molar-refractivity contribution in [3.63, 3.8) is 0 Å². The number of hydrogen-bond donors (Lipinski definition) is 0. The van der Waals surface area contributed by atoms with Crippen molar-refractivity contribution in [1.82, 2.24) is 14.1 Å². The van der Waals surface area contributed by atoms with Gasteiger partial charge in [-0.05, 0) is 79.9 Å². The Morgan fingerprint density at radius 1 is 0.950 bits per heavy atom. The van der Waals surface area contributed by atoms with Gasteiger partial charge in [-0.2, -0.15) is 4.31 Å². The Morgan fingerprint density at radius 3 is 2.38 bits per heavy atom. The maximum absolute atomic E-state index is 13.3. The van der Waals surface area contributed by atoms with Gasteiger partial charge in [0.25, 0.3) is 0 Å². The number of nitrogens with zero attached hydrogens (tertiary/aromatic N) is 3. The van der Waals surface area contributed by atoms with Gasteiger partial charge in [0.15, 0.2) is 0 Å². The molecule has 2 amide bonds. The minimum Gasteiger partial charge on any atom is -0.444 e. The molecule has 5 rings (SSSR count). The van der Waals surface area contributed by atoms with Gasteiger partial charge in [-0.15, -0.1) is 11.3 Å². The fraction of sp³-hybridized carbons (Fsp3) is 0.379. The lowest BCUT2D eigenvalue weighted by Gasteiger charge is -2.33. The van der Waals surface area contributed by atoms with E-state index in [1.807, 2.05) is 26.8 Å². The Balaban J connectivity index is 1.17. The van der Waals surface area contributed by atoms with Crippen molar-refractivity contribution in [3.8, 4) is 0 Å². The molecule has 0 aliphatic carbocycles. The summed E-state index contributed by atoms with van der Waals surface area (Å²) >= 11 is 7.67. The van der Waals surface area contributed by atoms with Crippen LogP contribution in [0, 0.1) is 0 Å². The maximum Gasteiger partial charge on any atom is 0.410 e. The Labute approximate surface area is 243 Å². The normalized spacial score (nSPS) is 16.9. The Kier molecular flexibility index (Phi) is 7.98. The highest BCUT2D eigenvalue weighted by atomic mass is 35.5. The number of thiophene rings is 1. The molecule has 11 heteroatoms. The van der Waals surface area contributed by atoms with Crippen LogP contribution in [0.25, 0.3) is 16.8 Å². The van der Waals surface area contributed by atoms with E-state index in [1.54, 1.807) is 69.7 Å². The molecule has 1 aromatic heterocycles. The van der Waals surface area contributed by atoms with Crippen molar-refractivity contribution in [3.05, 3.63) is 68.9 Å². The quantitative estimate of drug-likeness (QED) is 0.374. The van der Waals surface area contributed by atoms with E-state index in [1.165, 1.54) is 9.18 Å². The Morgan fingerprint density at radius 2 is 1.65 bits per heavy atom. The second kappa shape index (κ2) is 11.2. The van der Waals surface area contributed by atoms with E-state index in [4.69, 9.17) is 16.3 Å². The second-order valence-corrected chi connectivity index (χ2v) is 14.5. The molecule has 0 bridgehead atoms. The van der Waals surface area contributed by atoms with E-state index in [2.05, 4.69) is 0 Å². The summed E-state index contributed by atoms with van der Waals surface area (Å²) in [6.45, 7) is 7.74. The van der Waals surface area contributed by atoms with E-state index in [9.17, 15) is 18.0 Å². The van der Waals surface area contributed by atoms with Crippen molar-refractivity contribution >= 4 is 61.8 Å². The fourth-order valence-electron chi connectivity index (χ4n) is 4.83. The summed E-state index contributed by atoms with van der Waals surface area (Å²) in [6.07, 6.45) is 3.78. The maximum atomic E-state index is 13.3. The smallest absolute Gasteiger partial charge is 0.410 e. The predicted molar refractivity (Wildman–Crippen MR) is 158 cm³/mol. The largest absolute Gasteiger partial charge is 0.444 e. The van der Waals surface area contributed by atoms with Gasteiger partial charge >= 0.3 is 6.09 Å². The molecule has 2 aromatic carbocycles. The first-order valence-electron chi connectivity index (χ1n) is 13.1. The number of benzene rings is 2. The molecule has 2 aliphatic rings. The molecule has 0 spiro atoms. The monoisotopic (exact) mass is 601 g/mol. The zero-order valence-electron chi connectivity index (χ0n) is 22.7. The van der Waals surface area contributed by atoms with Gasteiger partial charge in [0.2, 0.25) is 15.9 Å². The van der Waals surface area contributed by atoms with Crippen LogP contribution in [0.3, 0.4) is 0 Å². The van der Waals surface area contributed by atoms with Crippen LogP contribution >= 0.6 is 22.9 Å². The molecule has 0 atom stereocenters. The summed E-state index contributed by atoms with van der Waals surface area (Å²) < 4.78 is 33.5. The average Bonchev–Trinajstić information content (AvgIpc) is 3.32. The number of piperazine rings is 1. The van der Waals surface area contributed by atoms with Crippen molar-refractivity contribution in [2.45, 2.75) is 44.2 Å². The highest BCUT2D eigenvalue weighted by molar-refractivity contribution is 7.89. The van der Waals surface area contributed by atoms with Gasteiger partial charge in [-0.1, -0.05) is 23.7 Å². The number of rotatable bonds is 4. The number of halogens is 1. The standard InChI is InChI=1S/C29H32ClN3O5S2/c1-29(2,3)38-28(35)32-11-10-26-22(19-32)17-24(39-26)7-9-27(34)31-12-14-33(15-13-31)40(36,37)25-8-5-20-16-23(30)6-4-21(20)18-25/h4-9,16-18H,10-15,19H2,1-3H3/b9-7+. The van der Waals surface area contributed by atoms with Gasteiger partial charge < -0.3 is 14.5 Å². The van der Waals surface area contributed by atoms with Crippen LogP contribution in [0.2, 0.25) is 5.02 Å². The highest BCUT2D eigenvalue weighted by Gasteiger charge is 2.30. The summed E-state index contributed by atoms with van der Waals surface area (Å²) in [5, 5.41) is 2.28. The number of carbonyl (C=O) groups is 2. The summed E-state index contributed by atoms with van der Waals surface area (Å²) in [6, 6.07) is 12.4. The van der Waals surface area contributed by atoms with E-state index in [-0.39, 0.29) is 30.0 Å². The third-order valence-corrected chi connectivity index (χ3v) is 10.2. The zero-order valence-corrected chi connectivity index (χ0v) is 25.1. The molecule has 1 saturated heterocycles. The van der Waals surface area contributed by atoms with Crippen LogP contribution in [0.15, 0.2) is 53.4 Å². The van der Waals surface area contributed by atoms with Crippen LogP contribution < -0.4 is 0 Å². The van der Waals surface area contributed by atoms with Gasteiger partial charge in [0.05, 0.1) is 11.4 Å². The molecule has 1 fully saturated rings. The first-order chi connectivity index (χ1) is 18.9. The molecule has 0 radical (unpaired) electrons. The third kappa shape index (κ3) is 6.35. The lowest BCUT2D eigenvalue weighted by Crippen LogP contribution is -2.50. The lowest BCUT2D eigenvalue weighted by atomic mass is 10.1. The molecule has 212 valence electrons. The first-order valence-corrected chi connectivity index (χ1v) is 15.8. The third-order valence-electron chi connectivity index (χ3n) is 6.89. The zero-order chi connectivity index (χ0) is 28.7. The molecular weight excluding hydrogens is 570 g/mol. The van der Waals surface area contributed by atoms with Crippen LogP contribution in [0.1, 0.15) is 36.1 Å². The molecule has 0 unspecified atom stereocenters. The van der Waals surface area contributed by atoms with Gasteiger partial charge in [-0.3, -0.25) is 4.79 Å². The van der Waals surface area contributed by atoms with E-state index in [0.29, 0.717) is 31.2 Å². The average molecular weight is 602 g/mol. The second-order valence-electron chi connectivity index (χ2n) is 11.0. The Bertz CT molecular complexity index is 1580. The van der Waals surface area contributed by atoms with Gasteiger partial charge in [0.1, 0.15) is 5.60 Å². The number of carbonyl (C=O) groups excluding carboxylic acids is 2. The molecule has 3 heterocycles. The number of sulfonamides is 1. The summed E-state index contributed by atoms with van der Waals surface area (Å²) in [7, 11) is -3.68. The Hall–Kier alpha value is -2.92. The van der Waals surface area contributed by atoms with E-state index >= 15 is 0 Å². The summed E-state index contributed by atoms with van der Waals surface area (Å²) in [5.74, 6) is -0.151. The van der Waals surface area contributed by atoms with Crippen molar-refractivity contribution in [2.75, 3.05) is 32.7 Å². The number of ether oxygens (including phenoxy) is 1. The molecular formula is C29H32ClN3O5S2. The van der Waals surface area contributed by atoms with Gasteiger partial charge in [0, 0.05) is 53.6 Å². The summed E-state index contributed by atoms with van der Waals surface area (Å²) in [4.78, 5) is 31.1. The van der Waals surface area contributed by atoms with Crippen LogP contribution in [0.4, 0.5) is 4.79 Å². The molecule has 3 aromatic rings. The van der Waals surface area contributed by atoms with Gasteiger partial charge in [-0.25, -0.2) is 13.2 Å². The summed E-state index contributed by atoms with van der Waals surface area (Å²) in [5.41, 5.74) is 0.534. The van der Waals surface area contributed by atoms with Crippen LogP contribution in [0.5, 0.6) is 0 Å². The van der Waals surface area contributed by atoms with Crippen LogP contribution in [-0.4, -0.2) is 72.8 Å². The molecule has 0 N–H and O–H groups in total. The minimum absolute atomic E-state index is 0.151. The van der Waals surface area contributed by atoms with Crippen molar-refractivity contribution in [2.24, 2.45) is 0 Å². The molecule has 2 aliphatic heterocycles. The van der Waals surface area contributed by atoms with E-state index in [0.717, 1.165) is 27.6 Å². The number of fused-ring (bicyclic) bond motifs is 2. The minimum atomic E-state index is -3.68.